The number of rotatable bonds is 11. The van der Waals surface area contributed by atoms with Gasteiger partial charge >= 0.3 is 5.97 Å². The average molecular weight is 492 g/mol. The highest BCUT2D eigenvalue weighted by Gasteiger charge is 2.15. The van der Waals surface area contributed by atoms with Gasteiger partial charge in [0, 0.05) is 45.0 Å². The second kappa shape index (κ2) is 14.8. The fraction of sp³-hybridized carbons (Fsp3) is 0.700. The van der Waals surface area contributed by atoms with E-state index in [2.05, 4.69) is 39.5 Å². The SMILES string of the molecule is CCNC(=NCCCCCCC(=O)OC(C)(C)C)NCCn1cccc1.I. The molecule has 0 radical (unpaired) electrons. The molecule has 1 aromatic rings. The molecule has 0 aromatic carbocycles. The molecule has 1 rings (SSSR count). The lowest BCUT2D eigenvalue weighted by molar-refractivity contribution is -0.154. The van der Waals surface area contributed by atoms with Crippen molar-refractivity contribution in [2.75, 3.05) is 19.6 Å². The number of ether oxygens (including phenoxy) is 1. The smallest absolute Gasteiger partial charge is 0.306 e. The van der Waals surface area contributed by atoms with Crippen LogP contribution in [0, 0.1) is 0 Å². The van der Waals surface area contributed by atoms with E-state index in [1.807, 2.05) is 32.9 Å². The highest BCUT2D eigenvalue weighted by atomic mass is 127. The number of halogens is 1. The van der Waals surface area contributed by atoms with Crippen molar-refractivity contribution in [1.29, 1.82) is 0 Å². The predicted octanol–water partition coefficient (Wildman–Crippen LogP) is 3.95. The number of esters is 1. The van der Waals surface area contributed by atoms with Gasteiger partial charge in [-0.25, -0.2) is 0 Å². The van der Waals surface area contributed by atoms with E-state index >= 15 is 0 Å². The Bertz CT molecular complexity index is 525. The number of unbranched alkanes of at least 4 members (excludes halogenated alkanes) is 3. The van der Waals surface area contributed by atoms with Crippen LogP contribution < -0.4 is 10.6 Å². The van der Waals surface area contributed by atoms with Crippen LogP contribution in [0.5, 0.6) is 0 Å². The average Bonchev–Trinajstić information content (AvgIpc) is 3.05. The molecule has 0 amide bonds. The van der Waals surface area contributed by atoms with Gasteiger partial charge in [0.25, 0.3) is 0 Å². The molecule has 0 spiro atoms. The van der Waals surface area contributed by atoms with Crippen molar-refractivity contribution >= 4 is 35.9 Å². The first kappa shape index (κ1) is 25.8. The minimum absolute atomic E-state index is 0. The Balaban J connectivity index is 0.00000676. The standard InChI is InChI=1S/C20H36N4O2.HI/c1-5-21-19(23-14-17-24-15-10-11-16-24)22-13-9-7-6-8-12-18(25)26-20(2,3)4;/h10-11,15-16H,5-9,12-14,17H2,1-4H3,(H2,21,22,23);1H. The summed E-state index contributed by atoms with van der Waals surface area (Å²) < 4.78 is 7.45. The van der Waals surface area contributed by atoms with Gasteiger partial charge in [0.1, 0.15) is 5.60 Å². The molecule has 6 nitrogen and oxygen atoms in total. The Hall–Kier alpha value is -1.25. The molecule has 0 unspecified atom stereocenters. The number of hydrogen-bond donors (Lipinski definition) is 2. The third-order valence-corrected chi connectivity index (χ3v) is 3.65. The first-order valence-corrected chi connectivity index (χ1v) is 9.75. The Morgan fingerprint density at radius 2 is 1.74 bits per heavy atom. The lowest BCUT2D eigenvalue weighted by Gasteiger charge is -2.19. The van der Waals surface area contributed by atoms with Gasteiger partial charge in [-0.2, -0.15) is 0 Å². The summed E-state index contributed by atoms with van der Waals surface area (Å²) in [6.45, 7) is 11.2. The van der Waals surface area contributed by atoms with Gasteiger partial charge in [-0.3, -0.25) is 9.79 Å². The second-order valence-electron chi connectivity index (χ2n) is 7.36. The molecule has 0 aliphatic rings. The summed E-state index contributed by atoms with van der Waals surface area (Å²) in [7, 11) is 0. The topological polar surface area (TPSA) is 67.7 Å². The summed E-state index contributed by atoms with van der Waals surface area (Å²) >= 11 is 0. The Kier molecular flexibility index (Phi) is 14.1. The van der Waals surface area contributed by atoms with Crippen LogP contribution >= 0.6 is 24.0 Å². The third kappa shape index (κ3) is 14.5. The minimum Gasteiger partial charge on any atom is -0.460 e. The number of carbonyl (C=O) groups is 1. The zero-order chi connectivity index (χ0) is 19.3. The van der Waals surface area contributed by atoms with E-state index in [-0.39, 0.29) is 35.5 Å². The third-order valence-electron chi connectivity index (χ3n) is 3.65. The zero-order valence-corrected chi connectivity index (χ0v) is 19.6. The molecule has 156 valence electrons. The molecule has 0 bridgehead atoms. The van der Waals surface area contributed by atoms with Crippen molar-refractivity contribution in [3.05, 3.63) is 24.5 Å². The summed E-state index contributed by atoms with van der Waals surface area (Å²) in [6, 6.07) is 4.06. The number of hydrogen-bond acceptors (Lipinski definition) is 3. The van der Waals surface area contributed by atoms with Crippen molar-refractivity contribution < 1.29 is 9.53 Å². The number of carbonyl (C=O) groups excluding carboxylic acids is 1. The Morgan fingerprint density at radius 3 is 2.37 bits per heavy atom. The monoisotopic (exact) mass is 492 g/mol. The summed E-state index contributed by atoms with van der Waals surface area (Å²) in [5.41, 5.74) is -0.386. The highest BCUT2D eigenvalue weighted by molar-refractivity contribution is 14.0. The molecule has 0 aliphatic heterocycles. The van der Waals surface area contributed by atoms with Crippen molar-refractivity contribution in [2.45, 2.75) is 71.9 Å². The number of guanidine groups is 1. The Labute approximate surface area is 181 Å². The molecule has 27 heavy (non-hydrogen) atoms. The van der Waals surface area contributed by atoms with Crippen LogP contribution in [-0.2, 0) is 16.1 Å². The molecule has 7 heteroatoms. The van der Waals surface area contributed by atoms with Crippen LogP contribution in [0.15, 0.2) is 29.5 Å². The van der Waals surface area contributed by atoms with Crippen molar-refractivity contribution in [2.24, 2.45) is 4.99 Å². The van der Waals surface area contributed by atoms with E-state index in [9.17, 15) is 4.79 Å². The van der Waals surface area contributed by atoms with Gasteiger partial charge in [0.2, 0.25) is 0 Å². The highest BCUT2D eigenvalue weighted by Crippen LogP contribution is 2.11. The summed E-state index contributed by atoms with van der Waals surface area (Å²) in [5.74, 6) is 0.769. The van der Waals surface area contributed by atoms with E-state index in [0.29, 0.717) is 6.42 Å². The molecule has 0 saturated carbocycles. The van der Waals surface area contributed by atoms with Gasteiger partial charge in [0.05, 0.1) is 0 Å². The first-order chi connectivity index (χ1) is 12.4. The van der Waals surface area contributed by atoms with Crippen molar-refractivity contribution in [3.8, 4) is 0 Å². The molecule has 0 atom stereocenters. The van der Waals surface area contributed by atoms with Gasteiger partial charge in [-0.15, -0.1) is 24.0 Å². The van der Waals surface area contributed by atoms with Crippen LogP contribution in [0.2, 0.25) is 0 Å². The lowest BCUT2D eigenvalue weighted by atomic mass is 10.1. The van der Waals surface area contributed by atoms with E-state index < -0.39 is 0 Å². The number of aromatic nitrogens is 1. The maximum Gasteiger partial charge on any atom is 0.306 e. The maximum atomic E-state index is 11.6. The summed E-state index contributed by atoms with van der Waals surface area (Å²) in [4.78, 5) is 16.2. The van der Waals surface area contributed by atoms with E-state index in [4.69, 9.17) is 4.74 Å². The summed E-state index contributed by atoms with van der Waals surface area (Å²) in [5, 5.41) is 6.62. The fourth-order valence-electron chi connectivity index (χ4n) is 2.48. The quantitative estimate of drug-likeness (QED) is 0.161. The number of aliphatic imine (C=N–C) groups is 1. The molecular formula is C20H37IN4O2. The van der Waals surface area contributed by atoms with Crippen molar-refractivity contribution in [3.63, 3.8) is 0 Å². The van der Waals surface area contributed by atoms with Crippen LogP contribution in [0.25, 0.3) is 0 Å². The minimum atomic E-state index is -0.386. The Morgan fingerprint density at radius 1 is 1.07 bits per heavy atom. The predicted molar refractivity (Wildman–Crippen MR) is 123 cm³/mol. The normalized spacial score (nSPS) is 11.6. The van der Waals surface area contributed by atoms with Crippen LogP contribution in [0.3, 0.4) is 0 Å². The molecule has 0 saturated heterocycles. The first-order valence-electron chi connectivity index (χ1n) is 9.75. The largest absolute Gasteiger partial charge is 0.460 e. The van der Waals surface area contributed by atoms with Gasteiger partial charge in [-0.1, -0.05) is 12.8 Å². The van der Waals surface area contributed by atoms with Crippen molar-refractivity contribution in [1.82, 2.24) is 15.2 Å². The number of nitrogens with one attached hydrogen (secondary N) is 2. The maximum absolute atomic E-state index is 11.6. The molecular weight excluding hydrogens is 455 g/mol. The van der Waals surface area contributed by atoms with E-state index in [1.165, 1.54) is 0 Å². The fourth-order valence-corrected chi connectivity index (χ4v) is 2.48. The molecule has 2 N–H and O–H groups in total. The van der Waals surface area contributed by atoms with E-state index in [1.54, 1.807) is 0 Å². The number of nitrogens with zero attached hydrogens (tertiary/aromatic N) is 2. The van der Waals surface area contributed by atoms with Crippen LogP contribution in [-0.4, -0.2) is 41.7 Å². The lowest BCUT2D eigenvalue weighted by Crippen LogP contribution is -2.38. The van der Waals surface area contributed by atoms with Crippen LogP contribution in [0.1, 0.15) is 59.8 Å². The van der Waals surface area contributed by atoms with Crippen LogP contribution in [0.4, 0.5) is 0 Å². The molecule has 1 aromatic heterocycles. The molecule has 0 aliphatic carbocycles. The van der Waals surface area contributed by atoms with Gasteiger partial charge < -0.3 is 19.9 Å². The zero-order valence-electron chi connectivity index (χ0n) is 17.3. The molecule has 1 heterocycles. The van der Waals surface area contributed by atoms with E-state index in [0.717, 1.165) is 57.8 Å². The van der Waals surface area contributed by atoms with Gasteiger partial charge in [0.15, 0.2) is 5.96 Å². The second-order valence-corrected chi connectivity index (χ2v) is 7.36. The summed E-state index contributed by atoms with van der Waals surface area (Å²) in [6.07, 6.45) is 8.65. The molecule has 0 fully saturated rings. The van der Waals surface area contributed by atoms with Gasteiger partial charge in [-0.05, 0) is 52.7 Å².